The van der Waals surface area contributed by atoms with Crippen LogP contribution in [-0.2, 0) is 26.2 Å². The Morgan fingerprint density at radius 3 is 2.14 bits per heavy atom. The summed E-state index contributed by atoms with van der Waals surface area (Å²) in [5.41, 5.74) is 1.82. The van der Waals surface area contributed by atoms with E-state index in [9.17, 15) is 18.0 Å². The third-order valence-corrected chi connectivity index (χ3v) is 9.21. The van der Waals surface area contributed by atoms with Crippen molar-refractivity contribution < 1.29 is 32.2 Å². The Kier molecular flexibility index (Phi) is 12.0. The molecule has 0 saturated carbocycles. The van der Waals surface area contributed by atoms with E-state index >= 15 is 0 Å². The van der Waals surface area contributed by atoms with Crippen molar-refractivity contribution in [2.75, 3.05) is 32.2 Å². The van der Waals surface area contributed by atoms with E-state index in [1.165, 1.54) is 37.3 Å². The maximum absolute atomic E-state index is 14.3. The second-order valence-electron chi connectivity index (χ2n) is 10.5. The molecule has 0 fully saturated rings. The smallest absolute Gasteiger partial charge is 0.264 e. The van der Waals surface area contributed by atoms with Crippen molar-refractivity contribution >= 4 is 27.5 Å². The van der Waals surface area contributed by atoms with Gasteiger partial charge in [0.2, 0.25) is 11.8 Å². The average molecular weight is 626 g/mol. The molecule has 0 aromatic heterocycles. The number of anilines is 1. The molecule has 1 N–H and O–H groups in total. The minimum absolute atomic E-state index is 0.0200. The van der Waals surface area contributed by atoms with E-state index in [0.29, 0.717) is 30.1 Å². The van der Waals surface area contributed by atoms with Crippen molar-refractivity contribution in [3.63, 3.8) is 0 Å². The van der Waals surface area contributed by atoms with Crippen LogP contribution >= 0.6 is 0 Å². The molecule has 3 aromatic carbocycles. The van der Waals surface area contributed by atoms with Crippen molar-refractivity contribution in [3.8, 4) is 17.2 Å². The summed E-state index contributed by atoms with van der Waals surface area (Å²) in [5.74, 6) is 0.444. The molecule has 44 heavy (non-hydrogen) atoms. The van der Waals surface area contributed by atoms with Gasteiger partial charge in [0.15, 0.2) is 11.5 Å². The van der Waals surface area contributed by atoms with E-state index in [1.54, 1.807) is 49.6 Å². The monoisotopic (exact) mass is 625 g/mol. The third-order valence-electron chi connectivity index (χ3n) is 7.42. The number of aryl methyl sites for hydroxylation is 1. The number of nitrogens with one attached hydrogen (secondary N) is 1. The van der Waals surface area contributed by atoms with Crippen molar-refractivity contribution in [3.05, 3.63) is 77.9 Å². The summed E-state index contributed by atoms with van der Waals surface area (Å²) in [7, 11) is 0.242. The highest BCUT2D eigenvalue weighted by atomic mass is 32.2. The molecule has 0 bridgehead atoms. The van der Waals surface area contributed by atoms with Gasteiger partial charge in [0.25, 0.3) is 10.0 Å². The fourth-order valence-corrected chi connectivity index (χ4v) is 6.08. The summed E-state index contributed by atoms with van der Waals surface area (Å²) in [6, 6.07) is 17.3. The highest BCUT2D eigenvalue weighted by Gasteiger charge is 2.34. The van der Waals surface area contributed by atoms with Gasteiger partial charge in [-0.1, -0.05) is 43.7 Å². The number of benzene rings is 3. The number of carbonyl (C=O) groups is 2. The molecule has 0 radical (unpaired) electrons. The maximum atomic E-state index is 14.3. The molecule has 0 saturated heterocycles. The third kappa shape index (κ3) is 8.22. The van der Waals surface area contributed by atoms with Gasteiger partial charge < -0.3 is 24.4 Å². The van der Waals surface area contributed by atoms with Crippen molar-refractivity contribution in [1.82, 2.24) is 10.2 Å². The molecular weight excluding hydrogens is 582 g/mol. The number of hydrogen-bond donors (Lipinski definition) is 1. The first-order chi connectivity index (χ1) is 21.0. The summed E-state index contributed by atoms with van der Waals surface area (Å²) < 4.78 is 45.5. The first-order valence-electron chi connectivity index (χ1n) is 14.5. The number of hydrogen-bond acceptors (Lipinski definition) is 7. The predicted molar refractivity (Wildman–Crippen MR) is 171 cm³/mol. The van der Waals surface area contributed by atoms with Crippen molar-refractivity contribution in [2.45, 2.75) is 64.1 Å². The van der Waals surface area contributed by atoms with Crippen LogP contribution in [0.15, 0.2) is 71.6 Å². The lowest BCUT2D eigenvalue weighted by Crippen LogP contribution is -2.53. The van der Waals surface area contributed by atoms with Gasteiger partial charge in [-0.2, -0.15) is 0 Å². The molecule has 3 rings (SSSR count). The normalized spacial score (nSPS) is 12.5. The van der Waals surface area contributed by atoms with Crippen LogP contribution in [0.5, 0.6) is 17.2 Å². The van der Waals surface area contributed by atoms with E-state index in [4.69, 9.17) is 14.2 Å². The van der Waals surface area contributed by atoms with Gasteiger partial charge in [-0.3, -0.25) is 13.9 Å². The van der Waals surface area contributed by atoms with Crippen LogP contribution in [0.25, 0.3) is 0 Å². The highest BCUT2D eigenvalue weighted by molar-refractivity contribution is 7.92. The molecule has 238 valence electrons. The number of nitrogens with zero attached hydrogens (tertiary/aromatic N) is 2. The zero-order chi connectivity index (χ0) is 32.4. The Hall–Kier alpha value is -4.25. The summed E-state index contributed by atoms with van der Waals surface area (Å²) in [6.45, 7) is 7.03. The number of sulfonamides is 1. The van der Waals surface area contributed by atoms with E-state index < -0.39 is 28.5 Å². The maximum Gasteiger partial charge on any atom is 0.264 e. The highest BCUT2D eigenvalue weighted by Crippen LogP contribution is 2.34. The molecule has 0 aliphatic carbocycles. The first kappa shape index (κ1) is 34.2. The second kappa shape index (κ2) is 15.5. The molecule has 2 amide bonds. The lowest BCUT2D eigenvalue weighted by molar-refractivity contribution is -0.140. The molecule has 0 aliphatic heterocycles. The lowest BCUT2D eigenvalue weighted by atomic mass is 10.1. The second-order valence-corrected chi connectivity index (χ2v) is 12.3. The molecule has 0 spiro atoms. The van der Waals surface area contributed by atoms with Gasteiger partial charge in [-0.25, -0.2) is 8.42 Å². The van der Waals surface area contributed by atoms with E-state index in [0.717, 1.165) is 15.4 Å². The Morgan fingerprint density at radius 2 is 1.55 bits per heavy atom. The molecule has 11 heteroatoms. The summed E-state index contributed by atoms with van der Waals surface area (Å²) >= 11 is 0. The zero-order valence-corrected chi connectivity index (χ0v) is 27.3. The van der Waals surface area contributed by atoms with Gasteiger partial charge in [0, 0.05) is 18.7 Å². The van der Waals surface area contributed by atoms with Gasteiger partial charge in [0.1, 0.15) is 18.3 Å². The average Bonchev–Trinajstić information content (AvgIpc) is 3.03. The van der Waals surface area contributed by atoms with Crippen LogP contribution < -0.4 is 23.8 Å². The number of methoxy groups -OCH3 is 3. The van der Waals surface area contributed by atoms with Crippen LogP contribution in [0.3, 0.4) is 0 Å². The quantitative estimate of drug-likeness (QED) is 0.255. The van der Waals surface area contributed by atoms with Crippen LogP contribution in [0.4, 0.5) is 5.69 Å². The molecule has 3 aromatic rings. The Morgan fingerprint density at radius 1 is 0.864 bits per heavy atom. The minimum atomic E-state index is -4.23. The van der Waals surface area contributed by atoms with E-state index in [-0.39, 0.29) is 29.1 Å². The fraction of sp³-hybridized carbons (Fsp3) is 0.394. The molecule has 2 atom stereocenters. The standard InChI is InChI=1S/C33H43N3O7S/c1-8-24(4)34-33(38)29(9-2)35(21-25-11-10-12-27(19-25)41-5)32(37)22-36(26-15-18-30(42-6)31(20-26)43-7)44(39,40)28-16-13-23(3)14-17-28/h10-20,24,29H,8-9,21-22H2,1-7H3,(H,34,38)/t24-,29+/m1/s1. The molecule has 0 unspecified atom stereocenters. The SMILES string of the molecule is CC[C@@H](C)NC(=O)[C@H](CC)N(Cc1cccc(OC)c1)C(=O)CN(c1ccc(OC)c(OC)c1)S(=O)(=O)c1ccc(C)cc1. The molecule has 0 heterocycles. The van der Waals surface area contributed by atoms with E-state index in [1.807, 2.05) is 33.8 Å². The van der Waals surface area contributed by atoms with Crippen LogP contribution in [0.2, 0.25) is 0 Å². The van der Waals surface area contributed by atoms with E-state index in [2.05, 4.69) is 5.32 Å². The first-order valence-corrected chi connectivity index (χ1v) is 16.0. The summed E-state index contributed by atoms with van der Waals surface area (Å²) in [6.07, 6.45) is 1.03. The topological polar surface area (TPSA) is 114 Å². The number of amides is 2. The van der Waals surface area contributed by atoms with Gasteiger partial charge in [-0.05, 0) is 68.7 Å². The fourth-order valence-electron chi connectivity index (χ4n) is 4.67. The minimum Gasteiger partial charge on any atom is -0.497 e. The van der Waals surface area contributed by atoms with Gasteiger partial charge >= 0.3 is 0 Å². The summed E-state index contributed by atoms with van der Waals surface area (Å²) in [4.78, 5) is 29.2. The van der Waals surface area contributed by atoms with Crippen molar-refractivity contribution in [1.29, 1.82) is 0 Å². The number of rotatable bonds is 15. The molecule has 0 aliphatic rings. The van der Waals surface area contributed by atoms with Crippen LogP contribution in [0.1, 0.15) is 44.7 Å². The van der Waals surface area contributed by atoms with Crippen molar-refractivity contribution in [2.24, 2.45) is 0 Å². The van der Waals surface area contributed by atoms with Gasteiger partial charge in [-0.15, -0.1) is 0 Å². The molecular formula is C33H43N3O7S. The summed E-state index contributed by atoms with van der Waals surface area (Å²) in [5, 5.41) is 2.98. The Labute approximate surface area is 261 Å². The van der Waals surface area contributed by atoms with Gasteiger partial charge in [0.05, 0.1) is 31.9 Å². The van der Waals surface area contributed by atoms with Crippen LogP contribution in [0, 0.1) is 6.92 Å². The largest absolute Gasteiger partial charge is 0.497 e. The number of ether oxygens (including phenoxy) is 3. The number of carbonyl (C=O) groups excluding carboxylic acids is 2. The van der Waals surface area contributed by atoms with Crippen LogP contribution in [-0.4, -0.2) is 65.1 Å². The predicted octanol–water partition coefficient (Wildman–Crippen LogP) is 4.94. The zero-order valence-electron chi connectivity index (χ0n) is 26.5. The Balaban J connectivity index is 2.13. The lowest BCUT2D eigenvalue weighted by Gasteiger charge is -2.34. The molecule has 10 nitrogen and oxygen atoms in total. The Bertz CT molecular complexity index is 1530.